The van der Waals surface area contributed by atoms with Crippen LogP contribution in [0.1, 0.15) is 30.0 Å². The third-order valence-electron chi connectivity index (χ3n) is 2.94. The van der Waals surface area contributed by atoms with Crippen molar-refractivity contribution in [3.8, 4) is 0 Å². The first-order chi connectivity index (χ1) is 7.06. The van der Waals surface area contributed by atoms with Crippen LogP contribution >= 0.6 is 0 Å². The van der Waals surface area contributed by atoms with Crippen molar-refractivity contribution in [2.24, 2.45) is 5.92 Å². The number of aryl methyl sites for hydroxylation is 2. The highest BCUT2D eigenvalue weighted by Gasteiger charge is 2.17. The number of carboxylic acid groups (broad SMARTS) is 1. The Balaban J connectivity index is 2.92. The van der Waals surface area contributed by atoms with Crippen molar-refractivity contribution in [1.29, 1.82) is 0 Å². The van der Waals surface area contributed by atoms with Gasteiger partial charge in [-0.15, -0.1) is 0 Å². The quantitative estimate of drug-likeness (QED) is 0.822. The van der Waals surface area contributed by atoms with Gasteiger partial charge in [-0.05, 0) is 43.4 Å². The predicted octanol–water partition coefficient (Wildman–Crippen LogP) is 2.96. The van der Waals surface area contributed by atoms with E-state index in [0.717, 1.165) is 0 Å². The van der Waals surface area contributed by atoms with Crippen LogP contribution in [0, 0.1) is 19.8 Å². The number of carboxylic acids is 1. The number of benzene rings is 1. The Kier molecular flexibility index (Phi) is 3.89. The third-order valence-corrected chi connectivity index (χ3v) is 2.94. The summed E-state index contributed by atoms with van der Waals surface area (Å²) in [7, 11) is 0. The van der Waals surface area contributed by atoms with Gasteiger partial charge in [-0.25, -0.2) is 0 Å². The van der Waals surface area contributed by atoms with E-state index < -0.39 is 5.97 Å². The minimum atomic E-state index is -0.694. The summed E-state index contributed by atoms with van der Waals surface area (Å²) in [5.41, 5.74) is 3.57. The fraction of sp³-hybridized carbons (Fsp3) is 0.462. The van der Waals surface area contributed by atoms with Gasteiger partial charge in [0.2, 0.25) is 0 Å². The monoisotopic (exact) mass is 206 g/mol. The Morgan fingerprint density at radius 1 is 1.33 bits per heavy atom. The molecule has 1 N–H and O–H groups in total. The summed E-state index contributed by atoms with van der Waals surface area (Å²) >= 11 is 0. The van der Waals surface area contributed by atoms with Crippen molar-refractivity contribution < 1.29 is 9.90 Å². The van der Waals surface area contributed by atoms with Gasteiger partial charge >= 0.3 is 5.97 Å². The van der Waals surface area contributed by atoms with Crippen molar-refractivity contribution in [3.05, 3.63) is 34.9 Å². The zero-order valence-electron chi connectivity index (χ0n) is 9.58. The summed E-state index contributed by atoms with van der Waals surface area (Å²) < 4.78 is 0. The van der Waals surface area contributed by atoms with Crippen LogP contribution in [-0.4, -0.2) is 11.1 Å². The van der Waals surface area contributed by atoms with Gasteiger partial charge in [0.05, 0.1) is 5.92 Å². The highest BCUT2D eigenvalue weighted by Crippen LogP contribution is 2.19. The molecule has 0 aromatic heterocycles. The minimum Gasteiger partial charge on any atom is -0.481 e. The van der Waals surface area contributed by atoms with E-state index in [9.17, 15) is 4.79 Å². The van der Waals surface area contributed by atoms with Crippen LogP contribution < -0.4 is 0 Å². The third kappa shape index (κ3) is 2.82. The van der Waals surface area contributed by atoms with E-state index in [-0.39, 0.29) is 5.92 Å². The van der Waals surface area contributed by atoms with Crippen LogP contribution in [0.3, 0.4) is 0 Å². The molecule has 0 aliphatic heterocycles. The summed E-state index contributed by atoms with van der Waals surface area (Å²) in [6.07, 6.45) is 1.33. The number of hydrogen-bond donors (Lipinski definition) is 1. The summed E-state index contributed by atoms with van der Waals surface area (Å²) in [4.78, 5) is 11.0. The van der Waals surface area contributed by atoms with Crippen LogP contribution in [0.2, 0.25) is 0 Å². The molecule has 1 aromatic rings. The second-order valence-electron chi connectivity index (χ2n) is 4.02. The molecule has 2 nitrogen and oxygen atoms in total. The first-order valence-electron chi connectivity index (χ1n) is 5.34. The Bertz CT molecular complexity index is 335. The van der Waals surface area contributed by atoms with Gasteiger partial charge in [0.1, 0.15) is 0 Å². The van der Waals surface area contributed by atoms with Crippen molar-refractivity contribution >= 4 is 5.97 Å². The fourth-order valence-electron chi connectivity index (χ4n) is 1.82. The maximum atomic E-state index is 11.0. The molecule has 1 unspecified atom stereocenters. The van der Waals surface area contributed by atoms with Crippen molar-refractivity contribution in [1.82, 2.24) is 0 Å². The topological polar surface area (TPSA) is 37.3 Å². The van der Waals surface area contributed by atoms with Gasteiger partial charge in [-0.3, -0.25) is 4.79 Å². The zero-order valence-corrected chi connectivity index (χ0v) is 9.58. The molecule has 0 saturated carbocycles. The van der Waals surface area contributed by atoms with Crippen LogP contribution in [0.5, 0.6) is 0 Å². The average molecular weight is 206 g/mol. The summed E-state index contributed by atoms with van der Waals surface area (Å²) in [5.74, 6) is -0.954. The zero-order chi connectivity index (χ0) is 11.4. The predicted molar refractivity (Wildman–Crippen MR) is 61.0 cm³/mol. The first kappa shape index (κ1) is 11.8. The van der Waals surface area contributed by atoms with Crippen LogP contribution in [0.25, 0.3) is 0 Å². The SMILES string of the molecule is CCC(Cc1c(C)cccc1C)C(=O)O. The summed E-state index contributed by atoms with van der Waals surface area (Å²) in [6, 6.07) is 6.09. The molecule has 2 heteroatoms. The van der Waals surface area contributed by atoms with Gasteiger partial charge < -0.3 is 5.11 Å². The minimum absolute atomic E-state index is 0.259. The van der Waals surface area contributed by atoms with E-state index >= 15 is 0 Å². The van der Waals surface area contributed by atoms with E-state index in [4.69, 9.17) is 5.11 Å². The molecule has 0 aliphatic rings. The Hall–Kier alpha value is -1.31. The molecule has 0 fully saturated rings. The lowest BCUT2D eigenvalue weighted by Gasteiger charge is -2.14. The smallest absolute Gasteiger partial charge is 0.306 e. The standard InChI is InChI=1S/C13H18O2/c1-4-11(13(14)15)8-12-9(2)6-5-7-10(12)3/h5-7,11H,4,8H2,1-3H3,(H,14,15). The van der Waals surface area contributed by atoms with Gasteiger partial charge in [0, 0.05) is 0 Å². The lowest BCUT2D eigenvalue weighted by Crippen LogP contribution is -2.16. The molecule has 0 saturated heterocycles. The molecule has 0 heterocycles. The molecule has 15 heavy (non-hydrogen) atoms. The number of rotatable bonds is 4. The van der Waals surface area contributed by atoms with E-state index in [1.165, 1.54) is 16.7 Å². The van der Waals surface area contributed by atoms with Crippen molar-refractivity contribution in [2.45, 2.75) is 33.6 Å². The Labute approximate surface area is 90.9 Å². The number of aliphatic carboxylic acids is 1. The lowest BCUT2D eigenvalue weighted by atomic mass is 9.91. The molecule has 1 aromatic carbocycles. The average Bonchev–Trinajstić information content (AvgIpc) is 2.17. The van der Waals surface area contributed by atoms with E-state index in [0.29, 0.717) is 12.8 Å². The lowest BCUT2D eigenvalue weighted by molar-refractivity contribution is -0.141. The van der Waals surface area contributed by atoms with E-state index in [1.807, 2.05) is 39.0 Å². The summed E-state index contributed by atoms with van der Waals surface area (Å²) in [5, 5.41) is 9.02. The van der Waals surface area contributed by atoms with Gasteiger partial charge in [-0.1, -0.05) is 25.1 Å². The van der Waals surface area contributed by atoms with Crippen LogP contribution in [0.4, 0.5) is 0 Å². The number of hydrogen-bond acceptors (Lipinski definition) is 1. The Morgan fingerprint density at radius 3 is 2.27 bits per heavy atom. The number of carbonyl (C=O) groups is 1. The molecule has 0 bridgehead atoms. The molecule has 1 atom stereocenters. The molecular formula is C13H18O2. The van der Waals surface area contributed by atoms with Crippen LogP contribution in [-0.2, 0) is 11.2 Å². The Morgan fingerprint density at radius 2 is 1.87 bits per heavy atom. The van der Waals surface area contributed by atoms with Gasteiger partial charge in [0.15, 0.2) is 0 Å². The highest BCUT2D eigenvalue weighted by molar-refractivity contribution is 5.70. The molecular weight excluding hydrogens is 188 g/mol. The molecule has 0 aliphatic carbocycles. The second-order valence-corrected chi connectivity index (χ2v) is 4.02. The maximum Gasteiger partial charge on any atom is 0.306 e. The second kappa shape index (κ2) is 4.96. The van der Waals surface area contributed by atoms with E-state index in [1.54, 1.807) is 0 Å². The van der Waals surface area contributed by atoms with Crippen molar-refractivity contribution in [3.63, 3.8) is 0 Å². The van der Waals surface area contributed by atoms with Gasteiger partial charge in [0.25, 0.3) is 0 Å². The van der Waals surface area contributed by atoms with E-state index in [2.05, 4.69) is 0 Å². The highest BCUT2D eigenvalue weighted by atomic mass is 16.4. The largest absolute Gasteiger partial charge is 0.481 e. The van der Waals surface area contributed by atoms with Gasteiger partial charge in [-0.2, -0.15) is 0 Å². The molecule has 0 radical (unpaired) electrons. The summed E-state index contributed by atoms with van der Waals surface area (Å²) in [6.45, 7) is 6.00. The maximum absolute atomic E-state index is 11.0. The first-order valence-corrected chi connectivity index (χ1v) is 5.34. The molecule has 0 spiro atoms. The molecule has 0 amide bonds. The fourth-order valence-corrected chi connectivity index (χ4v) is 1.82. The molecule has 82 valence electrons. The molecule has 1 rings (SSSR count). The van der Waals surface area contributed by atoms with Crippen molar-refractivity contribution in [2.75, 3.05) is 0 Å². The normalized spacial score (nSPS) is 12.5. The van der Waals surface area contributed by atoms with Crippen LogP contribution in [0.15, 0.2) is 18.2 Å².